The van der Waals surface area contributed by atoms with Crippen LogP contribution in [-0.2, 0) is 11.2 Å². The molecule has 1 aromatic heterocycles. The summed E-state index contributed by atoms with van der Waals surface area (Å²) in [4.78, 5) is 18.7. The van der Waals surface area contributed by atoms with E-state index in [0.717, 1.165) is 11.3 Å². The second-order valence-corrected chi connectivity index (χ2v) is 6.84. The molecule has 0 saturated carbocycles. The van der Waals surface area contributed by atoms with Gasteiger partial charge in [0.05, 0.1) is 32.6 Å². The van der Waals surface area contributed by atoms with Gasteiger partial charge in [-0.15, -0.1) is 11.8 Å². The highest BCUT2D eigenvalue weighted by Gasteiger charge is 2.36. The molecule has 26 heavy (non-hydrogen) atoms. The number of hydrogen-bond donors (Lipinski definition) is 0. The van der Waals surface area contributed by atoms with Crippen molar-refractivity contribution in [3.8, 4) is 17.2 Å². The van der Waals surface area contributed by atoms with E-state index in [9.17, 15) is 4.79 Å². The van der Waals surface area contributed by atoms with E-state index in [1.54, 1.807) is 39.3 Å². The first kappa shape index (κ1) is 18.4. The lowest BCUT2D eigenvalue weighted by atomic mass is 10.1. The molecular weight excluding hydrogens is 352 g/mol. The van der Waals surface area contributed by atoms with Crippen molar-refractivity contribution in [2.45, 2.75) is 11.8 Å². The van der Waals surface area contributed by atoms with Crippen LogP contribution in [0.4, 0.5) is 0 Å². The van der Waals surface area contributed by atoms with Gasteiger partial charge in [0, 0.05) is 37.0 Å². The quantitative estimate of drug-likeness (QED) is 0.743. The summed E-state index contributed by atoms with van der Waals surface area (Å²) in [6.07, 6.45) is 2.47. The Balaban J connectivity index is 1.90. The molecule has 1 aliphatic heterocycles. The number of amides is 1. The van der Waals surface area contributed by atoms with Crippen molar-refractivity contribution < 1.29 is 19.0 Å². The molecular formula is C19H22N2O4S. The summed E-state index contributed by atoms with van der Waals surface area (Å²) in [5.41, 5.74) is 1.82. The zero-order chi connectivity index (χ0) is 18.5. The van der Waals surface area contributed by atoms with E-state index in [0.29, 0.717) is 36.0 Å². The largest absolute Gasteiger partial charge is 0.496 e. The Kier molecular flexibility index (Phi) is 5.88. The molecule has 1 unspecified atom stereocenters. The van der Waals surface area contributed by atoms with E-state index >= 15 is 0 Å². The minimum Gasteiger partial charge on any atom is -0.496 e. The van der Waals surface area contributed by atoms with E-state index in [1.165, 1.54) is 0 Å². The number of benzene rings is 1. The Morgan fingerprint density at radius 1 is 1.15 bits per heavy atom. The number of aromatic nitrogens is 1. The van der Waals surface area contributed by atoms with Gasteiger partial charge in [-0.25, -0.2) is 0 Å². The number of thioether (sulfide) groups is 1. The van der Waals surface area contributed by atoms with Crippen molar-refractivity contribution in [2.75, 3.05) is 33.6 Å². The lowest BCUT2D eigenvalue weighted by Gasteiger charge is -2.27. The Hall–Kier alpha value is -2.41. The summed E-state index contributed by atoms with van der Waals surface area (Å²) in [6, 6.07) is 9.44. The summed E-state index contributed by atoms with van der Waals surface area (Å²) in [5.74, 6) is 2.49. The topological polar surface area (TPSA) is 60.9 Å². The van der Waals surface area contributed by atoms with Crippen LogP contribution in [0.25, 0.3) is 0 Å². The van der Waals surface area contributed by atoms with Crippen LogP contribution in [0.15, 0.2) is 36.5 Å². The summed E-state index contributed by atoms with van der Waals surface area (Å²) < 4.78 is 16.4. The lowest BCUT2D eigenvalue weighted by molar-refractivity contribution is -0.128. The highest BCUT2D eigenvalue weighted by atomic mass is 32.2. The van der Waals surface area contributed by atoms with Gasteiger partial charge in [0.25, 0.3) is 0 Å². The number of ether oxygens (including phenoxy) is 3. The molecule has 1 aliphatic rings. The van der Waals surface area contributed by atoms with Gasteiger partial charge in [-0.3, -0.25) is 9.78 Å². The van der Waals surface area contributed by atoms with Gasteiger partial charge < -0.3 is 19.1 Å². The monoisotopic (exact) mass is 374 g/mol. The third kappa shape index (κ3) is 3.72. The van der Waals surface area contributed by atoms with Gasteiger partial charge in [0.1, 0.15) is 22.6 Å². The fraction of sp³-hybridized carbons (Fsp3) is 0.368. The molecule has 3 rings (SSSR count). The molecule has 0 N–H and O–H groups in total. The molecule has 1 atom stereocenters. The van der Waals surface area contributed by atoms with Gasteiger partial charge in [0.15, 0.2) is 0 Å². The SMILES string of the molecule is COc1cc(OC)c(C2SCC(=O)N2CCc2ccccn2)c(OC)c1. The van der Waals surface area contributed by atoms with Gasteiger partial charge in [0.2, 0.25) is 5.91 Å². The zero-order valence-corrected chi connectivity index (χ0v) is 15.9. The molecule has 138 valence electrons. The van der Waals surface area contributed by atoms with Crippen LogP contribution in [0.3, 0.4) is 0 Å². The molecule has 0 bridgehead atoms. The zero-order valence-electron chi connectivity index (χ0n) is 15.1. The number of hydrogen-bond acceptors (Lipinski definition) is 6. The third-order valence-electron chi connectivity index (χ3n) is 4.30. The smallest absolute Gasteiger partial charge is 0.233 e. The van der Waals surface area contributed by atoms with E-state index < -0.39 is 0 Å². The number of rotatable bonds is 7. The molecule has 7 heteroatoms. The van der Waals surface area contributed by atoms with Crippen molar-refractivity contribution in [1.82, 2.24) is 9.88 Å². The number of methoxy groups -OCH3 is 3. The maximum Gasteiger partial charge on any atom is 0.233 e. The van der Waals surface area contributed by atoms with E-state index in [4.69, 9.17) is 14.2 Å². The summed E-state index contributed by atoms with van der Waals surface area (Å²) in [7, 11) is 4.82. The first-order valence-corrected chi connectivity index (χ1v) is 9.33. The Bertz CT molecular complexity index is 744. The van der Waals surface area contributed by atoms with Crippen molar-refractivity contribution in [2.24, 2.45) is 0 Å². The van der Waals surface area contributed by atoms with Gasteiger partial charge >= 0.3 is 0 Å². The Morgan fingerprint density at radius 2 is 1.88 bits per heavy atom. The average molecular weight is 374 g/mol. The standard InChI is InChI=1S/C19H22N2O4S/c1-23-14-10-15(24-2)18(16(11-14)25-3)19-21(17(22)12-26-19)9-7-13-6-4-5-8-20-13/h4-6,8,10-11,19H,7,9,12H2,1-3H3. The molecule has 1 amide bonds. The number of nitrogens with zero attached hydrogens (tertiary/aromatic N) is 2. The van der Waals surface area contributed by atoms with Crippen LogP contribution in [-0.4, -0.2) is 49.4 Å². The molecule has 0 aliphatic carbocycles. The van der Waals surface area contributed by atoms with Gasteiger partial charge in [-0.2, -0.15) is 0 Å². The first-order valence-electron chi connectivity index (χ1n) is 8.28. The fourth-order valence-corrected chi connectivity index (χ4v) is 4.26. The van der Waals surface area contributed by atoms with E-state index in [1.807, 2.05) is 35.2 Å². The van der Waals surface area contributed by atoms with Crippen LogP contribution in [0, 0.1) is 0 Å². The van der Waals surface area contributed by atoms with Crippen LogP contribution in [0.2, 0.25) is 0 Å². The predicted octanol–water partition coefficient (Wildman–Crippen LogP) is 2.92. The molecule has 6 nitrogen and oxygen atoms in total. The molecule has 0 spiro atoms. The predicted molar refractivity (Wildman–Crippen MR) is 101 cm³/mol. The van der Waals surface area contributed by atoms with Crippen molar-refractivity contribution in [3.05, 3.63) is 47.8 Å². The number of carbonyl (C=O) groups excluding carboxylic acids is 1. The molecule has 2 heterocycles. The normalized spacial score (nSPS) is 16.7. The van der Waals surface area contributed by atoms with Crippen molar-refractivity contribution in [1.29, 1.82) is 0 Å². The van der Waals surface area contributed by atoms with E-state index in [-0.39, 0.29) is 11.3 Å². The Morgan fingerprint density at radius 3 is 2.46 bits per heavy atom. The van der Waals surface area contributed by atoms with Crippen LogP contribution in [0.5, 0.6) is 17.2 Å². The van der Waals surface area contributed by atoms with Gasteiger partial charge in [-0.1, -0.05) is 6.07 Å². The number of pyridine rings is 1. The van der Waals surface area contributed by atoms with Crippen molar-refractivity contribution in [3.63, 3.8) is 0 Å². The van der Waals surface area contributed by atoms with Crippen LogP contribution < -0.4 is 14.2 Å². The van der Waals surface area contributed by atoms with Gasteiger partial charge in [-0.05, 0) is 12.1 Å². The maximum absolute atomic E-state index is 12.5. The highest BCUT2D eigenvalue weighted by molar-refractivity contribution is 8.00. The van der Waals surface area contributed by atoms with E-state index in [2.05, 4.69) is 4.98 Å². The summed E-state index contributed by atoms with van der Waals surface area (Å²) in [6.45, 7) is 0.589. The second-order valence-electron chi connectivity index (χ2n) is 5.77. The Labute approximate surface area is 157 Å². The lowest BCUT2D eigenvalue weighted by Crippen LogP contribution is -2.30. The molecule has 2 aromatic rings. The fourth-order valence-electron chi connectivity index (χ4n) is 2.99. The minimum atomic E-state index is -0.165. The summed E-state index contributed by atoms with van der Waals surface area (Å²) >= 11 is 1.57. The highest BCUT2D eigenvalue weighted by Crippen LogP contribution is 2.48. The maximum atomic E-state index is 12.5. The second kappa shape index (κ2) is 8.31. The van der Waals surface area contributed by atoms with Crippen LogP contribution >= 0.6 is 11.8 Å². The van der Waals surface area contributed by atoms with Crippen LogP contribution in [0.1, 0.15) is 16.6 Å². The molecule has 1 aromatic carbocycles. The van der Waals surface area contributed by atoms with Crippen molar-refractivity contribution >= 4 is 17.7 Å². The first-order chi connectivity index (χ1) is 12.7. The third-order valence-corrected chi connectivity index (χ3v) is 5.52. The number of carbonyl (C=O) groups is 1. The molecule has 1 saturated heterocycles. The molecule has 1 fully saturated rings. The summed E-state index contributed by atoms with van der Waals surface area (Å²) in [5, 5.41) is -0.165. The minimum absolute atomic E-state index is 0.107. The molecule has 0 radical (unpaired) electrons. The average Bonchev–Trinajstić information content (AvgIpc) is 3.05.